The molecule has 3 aromatic rings. The van der Waals surface area contributed by atoms with Crippen LogP contribution >= 0.6 is 7.37 Å². The number of benzene rings is 3. The van der Waals surface area contributed by atoms with Gasteiger partial charge >= 0.3 is 6.18 Å². The molecular formula is C32H37F3N3O5P. The largest absolute Gasteiger partial charge is 0.416 e. The maximum absolute atomic E-state index is 13.6. The maximum Gasteiger partial charge on any atom is 0.416 e. The van der Waals surface area contributed by atoms with E-state index in [0.29, 0.717) is 24.2 Å². The van der Waals surface area contributed by atoms with Crippen molar-refractivity contribution in [1.29, 1.82) is 0 Å². The zero-order valence-corrected chi connectivity index (χ0v) is 25.5. The molecule has 0 saturated heterocycles. The van der Waals surface area contributed by atoms with Gasteiger partial charge in [0.15, 0.2) is 0 Å². The smallest absolute Gasteiger partial charge is 0.343 e. The van der Waals surface area contributed by atoms with Gasteiger partial charge in [-0.25, -0.2) is 0 Å². The molecule has 0 bridgehead atoms. The lowest BCUT2D eigenvalue weighted by Crippen LogP contribution is -2.37. The summed E-state index contributed by atoms with van der Waals surface area (Å²) in [5, 5.41) is 4.96. The first-order valence-electron chi connectivity index (χ1n) is 14.4. The molecule has 0 fully saturated rings. The van der Waals surface area contributed by atoms with Crippen LogP contribution in [0.2, 0.25) is 0 Å². The Labute approximate surface area is 255 Å². The van der Waals surface area contributed by atoms with E-state index in [1.54, 1.807) is 47.4 Å². The number of carbonyl (C=O) groups is 3. The SMILES string of the molecule is CCCN(CCC)C(=O)c1cccc(C(=O)NC(Cc2ccccc2)P(=O)(O)CCC(=O)Nc2cccc(C(F)(F)F)c2)c1. The predicted octanol–water partition coefficient (Wildman–Crippen LogP) is 6.57. The van der Waals surface area contributed by atoms with Gasteiger partial charge in [-0.05, 0) is 54.8 Å². The molecule has 0 aliphatic carbocycles. The molecule has 0 saturated carbocycles. The molecule has 3 amide bonds. The fourth-order valence-corrected chi connectivity index (χ4v) is 6.26. The topological polar surface area (TPSA) is 116 Å². The molecule has 0 aliphatic rings. The Morgan fingerprint density at radius 2 is 1.52 bits per heavy atom. The van der Waals surface area contributed by atoms with Crippen LogP contribution in [0, 0.1) is 0 Å². The highest BCUT2D eigenvalue weighted by Crippen LogP contribution is 2.47. The normalized spacial score (nSPS) is 13.4. The Hall–Kier alpha value is -3.95. The van der Waals surface area contributed by atoms with Gasteiger partial charge in [-0.15, -0.1) is 0 Å². The van der Waals surface area contributed by atoms with E-state index in [4.69, 9.17) is 0 Å². The minimum Gasteiger partial charge on any atom is -0.343 e. The van der Waals surface area contributed by atoms with Crippen molar-refractivity contribution in [3.8, 4) is 0 Å². The summed E-state index contributed by atoms with van der Waals surface area (Å²) in [6.07, 6.45) is -4.07. The predicted molar refractivity (Wildman–Crippen MR) is 164 cm³/mol. The van der Waals surface area contributed by atoms with E-state index < -0.39 is 49.3 Å². The number of halogens is 3. The molecule has 44 heavy (non-hydrogen) atoms. The Kier molecular flexibility index (Phi) is 12.3. The molecule has 0 heterocycles. The van der Waals surface area contributed by atoms with Gasteiger partial charge in [-0.3, -0.25) is 18.9 Å². The summed E-state index contributed by atoms with van der Waals surface area (Å²) in [4.78, 5) is 51.8. The van der Waals surface area contributed by atoms with Crippen LogP contribution < -0.4 is 10.6 Å². The van der Waals surface area contributed by atoms with Crippen LogP contribution in [-0.4, -0.2) is 52.5 Å². The summed E-state index contributed by atoms with van der Waals surface area (Å²) in [5.74, 6) is -2.92. The Balaban J connectivity index is 1.77. The summed E-state index contributed by atoms with van der Waals surface area (Å²) in [5.41, 5.74) is 0.0709. The minimum atomic E-state index is -4.60. The lowest BCUT2D eigenvalue weighted by atomic mass is 10.1. The molecule has 2 unspecified atom stereocenters. The third kappa shape index (κ3) is 10.1. The van der Waals surface area contributed by atoms with Crippen molar-refractivity contribution in [2.24, 2.45) is 0 Å². The average Bonchev–Trinajstić information content (AvgIpc) is 2.99. The first-order valence-corrected chi connectivity index (χ1v) is 16.3. The zero-order chi connectivity index (χ0) is 32.3. The highest BCUT2D eigenvalue weighted by atomic mass is 31.2. The third-order valence-corrected chi connectivity index (χ3v) is 8.99. The Morgan fingerprint density at radius 1 is 0.886 bits per heavy atom. The van der Waals surface area contributed by atoms with Gasteiger partial charge in [0.2, 0.25) is 13.3 Å². The fraction of sp³-hybridized carbons (Fsp3) is 0.344. The number of nitrogens with one attached hydrogen (secondary N) is 2. The van der Waals surface area contributed by atoms with Crippen LogP contribution in [0.3, 0.4) is 0 Å². The lowest BCUT2D eigenvalue weighted by Gasteiger charge is -2.25. The number of hydrogen-bond acceptors (Lipinski definition) is 4. The number of hydrogen-bond donors (Lipinski definition) is 3. The van der Waals surface area contributed by atoms with Gasteiger partial charge in [-0.2, -0.15) is 13.2 Å². The standard InChI is InChI=1S/C32H37F3N3O5P/c1-3-17-38(18-4-2)31(41)25-13-8-12-24(21-25)30(40)37-29(20-23-10-6-5-7-11-23)44(42,43)19-16-28(39)36-27-15-9-14-26(22-27)32(33,34)35/h5-15,21-22,29H,3-4,16-20H2,1-2H3,(H,36,39)(H,37,40)(H,42,43). The van der Waals surface area contributed by atoms with Crippen LogP contribution in [-0.2, 0) is 22.0 Å². The molecular weight excluding hydrogens is 594 g/mol. The zero-order valence-electron chi connectivity index (χ0n) is 24.6. The average molecular weight is 632 g/mol. The molecule has 3 rings (SSSR count). The number of nitrogens with zero attached hydrogens (tertiary/aromatic N) is 1. The highest BCUT2D eigenvalue weighted by Gasteiger charge is 2.34. The molecule has 236 valence electrons. The van der Waals surface area contributed by atoms with Crippen LogP contribution in [0.1, 0.15) is 65.0 Å². The molecule has 8 nitrogen and oxygen atoms in total. The molecule has 3 N–H and O–H groups in total. The third-order valence-electron chi connectivity index (χ3n) is 6.84. The van der Waals surface area contributed by atoms with Crippen LogP contribution in [0.5, 0.6) is 0 Å². The second-order valence-electron chi connectivity index (χ2n) is 10.4. The monoisotopic (exact) mass is 631 g/mol. The van der Waals surface area contributed by atoms with E-state index in [1.807, 2.05) is 13.8 Å². The number of anilines is 1. The summed E-state index contributed by atoms with van der Waals surface area (Å²) in [7, 11) is -4.25. The number of amides is 3. The lowest BCUT2D eigenvalue weighted by molar-refractivity contribution is -0.137. The second-order valence-corrected chi connectivity index (χ2v) is 13.0. The van der Waals surface area contributed by atoms with Crippen molar-refractivity contribution in [2.45, 2.75) is 51.5 Å². The highest BCUT2D eigenvalue weighted by molar-refractivity contribution is 7.58. The molecule has 3 aromatic carbocycles. The first kappa shape index (κ1) is 34.5. The van der Waals surface area contributed by atoms with E-state index in [9.17, 15) is 37.0 Å². The molecule has 12 heteroatoms. The van der Waals surface area contributed by atoms with E-state index in [-0.39, 0.29) is 23.6 Å². The summed E-state index contributed by atoms with van der Waals surface area (Å²) in [6, 6.07) is 18.9. The quantitative estimate of drug-likeness (QED) is 0.174. The van der Waals surface area contributed by atoms with Crippen molar-refractivity contribution in [2.75, 3.05) is 24.6 Å². The Morgan fingerprint density at radius 3 is 2.16 bits per heavy atom. The van der Waals surface area contributed by atoms with E-state index >= 15 is 0 Å². The molecule has 0 spiro atoms. The van der Waals surface area contributed by atoms with Gasteiger partial charge in [0.05, 0.1) is 5.56 Å². The van der Waals surface area contributed by atoms with Crippen molar-refractivity contribution >= 4 is 30.8 Å². The van der Waals surface area contributed by atoms with Gasteiger partial charge in [-0.1, -0.05) is 56.3 Å². The number of alkyl halides is 3. The molecule has 0 aromatic heterocycles. The van der Waals surface area contributed by atoms with E-state index in [2.05, 4.69) is 10.6 Å². The van der Waals surface area contributed by atoms with Crippen molar-refractivity contribution in [1.82, 2.24) is 10.2 Å². The maximum atomic E-state index is 13.6. The van der Waals surface area contributed by atoms with Crippen molar-refractivity contribution in [3.05, 3.63) is 101 Å². The second kappa shape index (κ2) is 15.7. The first-order chi connectivity index (χ1) is 20.8. The van der Waals surface area contributed by atoms with Gasteiger partial charge < -0.3 is 20.4 Å². The number of rotatable bonds is 14. The fourth-order valence-electron chi connectivity index (χ4n) is 4.61. The Bertz CT molecular complexity index is 1480. The minimum absolute atomic E-state index is 0.0188. The van der Waals surface area contributed by atoms with Crippen LogP contribution in [0.4, 0.5) is 18.9 Å². The molecule has 2 atom stereocenters. The van der Waals surface area contributed by atoms with Gasteiger partial charge in [0.25, 0.3) is 11.8 Å². The van der Waals surface area contributed by atoms with Crippen LogP contribution in [0.25, 0.3) is 0 Å². The van der Waals surface area contributed by atoms with Crippen molar-refractivity contribution < 1.29 is 37.0 Å². The van der Waals surface area contributed by atoms with E-state index in [1.165, 1.54) is 18.2 Å². The molecule has 0 aliphatic heterocycles. The van der Waals surface area contributed by atoms with Gasteiger partial charge in [0, 0.05) is 48.9 Å². The molecule has 0 radical (unpaired) electrons. The van der Waals surface area contributed by atoms with Crippen LogP contribution in [0.15, 0.2) is 78.9 Å². The van der Waals surface area contributed by atoms with Gasteiger partial charge in [0.1, 0.15) is 5.78 Å². The summed E-state index contributed by atoms with van der Waals surface area (Å²) >= 11 is 0. The summed E-state index contributed by atoms with van der Waals surface area (Å²) < 4.78 is 52.7. The number of carbonyl (C=O) groups excluding carboxylic acids is 3. The summed E-state index contributed by atoms with van der Waals surface area (Å²) in [6.45, 7) is 5.07. The van der Waals surface area contributed by atoms with E-state index in [0.717, 1.165) is 31.0 Å². The van der Waals surface area contributed by atoms with Crippen molar-refractivity contribution in [3.63, 3.8) is 0 Å².